The van der Waals surface area contributed by atoms with E-state index in [-0.39, 0.29) is 30.9 Å². The molecule has 3 aromatic carbocycles. The molecule has 1 saturated carbocycles. The zero-order chi connectivity index (χ0) is 25.7. The van der Waals surface area contributed by atoms with E-state index in [9.17, 15) is 0 Å². The summed E-state index contributed by atoms with van der Waals surface area (Å²) in [6.07, 6.45) is 4.70. The molecule has 2 bridgehead atoms. The van der Waals surface area contributed by atoms with Gasteiger partial charge in [-0.05, 0) is 80.0 Å². The number of pyridine rings is 1. The van der Waals surface area contributed by atoms with E-state index in [0.717, 1.165) is 17.2 Å². The number of fused-ring (bicyclic) bond motifs is 2. The van der Waals surface area contributed by atoms with E-state index in [2.05, 4.69) is 121 Å². The number of hydrogen-bond donors (Lipinski definition) is 0. The summed E-state index contributed by atoms with van der Waals surface area (Å²) in [7, 11) is 0. The second-order valence-corrected chi connectivity index (χ2v) is 13.3. The molecule has 38 heavy (non-hydrogen) atoms. The Morgan fingerprint density at radius 1 is 0.763 bits per heavy atom. The molecule has 0 spiro atoms. The van der Waals surface area contributed by atoms with Crippen LogP contribution in [0.15, 0.2) is 72.9 Å². The smallest absolute Gasteiger partial charge is 0.0198 e. The summed E-state index contributed by atoms with van der Waals surface area (Å²) in [6, 6.07) is 28.5. The van der Waals surface area contributed by atoms with Crippen molar-refractivity contribution >= 4 is 0 Å². The Morgan fingerprint density at radius 2 is 1.47 bits per heavy atom. The predicted molar refractivity (Wildman–Crippen MR) is 153 cm³/mol. The van der Waals surface area contributed by atoms with Crippen LogP contribution < -0.4 is 0 Å². The summed E-state index contributed by atoms with van der Waals surface area (Å²) in [6.45, 7) is 14.4. The standard InChI is InChI=1S/C36H36N.Ir/c1-34(2)26-16-25-19-33(37-21-27(25)30(34)20-26)24-13-15-29-32(18-24)36(5,6)28-14-12-23(17-31(28)35(29,3)4)22-10-8-7-9-11-22;/h7-12,14-15,17-19,21,26,30H,16,20H2,1-6H3;/q-1;. The first-order valence-electron chi connectivity index (χ1n) is 13.8. The van der Waals surface area contributed by atoms with Gasteiger partial charge in [0.25, 0.3) is 0 Å². The molecule has 2 unspecified atom stereocenters. The maximum Gasteiger partial charge on any atom is 0.0198 e. The van der Waals surface area contributed by atoms with E-state index in [1.807, 2.05) is 0 Å². The molecule has 1 fully saturated rings. The molecule has 8 rings (SSSR count). The van der Waals surface area contributed by atoms with Gasteiger partial charge in [-0.1, -0.05) is 96.1 Å². The van der Waals surface area contributed by atoms with E-state index >= 15 is 0 Å². The minimum atomic E-state index is -0.101. The summed E-state index contributed by atoms with van der Waals surface area (Å²) >= 11 is 0. The summed E-state index contributed by atoms with van der Waals surface area (Å²) in [4.78, 5) is 4.99. The Bertz CT molecular complexity index is 1560. The number of benzene rings is 3. The topological polar surface area (TPSA) is 12.9 Å². The van der Waals surface area contributed by atoms with Gasteiger partial charge in [-0.2, -0.15) is 0 Å². The van der Waals surface area contributed by atoms with Gasteiger partial charge in [0, 0.05) is 26.3 Å². The van der Waals surface area contributed by atoms with Crippen molar-refractivity contribution in [2.45, 2.75) is 71.1 Å². The zero-order valence-electron chi connectivity index (χ0n) is 23.3. The van der Waals surface area contributed by atoms with Crippen molar-refractivity contribution < 1.29 is 20.1 Å². The number of aromatic nitrogens is 1. The van der Waals surface area contributed by atoms with Gasteiger partial charge in [-0.3, -0.25) is 0 Å². The Labute approximate surface area is 241 Å². The van der Waals surface area contributed by atoms with Crippen molar-refractivity contribution in [2.24, 2.45) is 11.3 Å². The Balaban J connectivity index is 0.00000264. The van der Waals surface area contributed by atoms with Crippen molar-refractivity contribution in [3.63, 3.8) is 0 Å². The van der Waals surface area contributed by atoms with Crippen LogP contribution >= 0.6 is 0 Å². The SMILES string of the molecule is CC1(C)c2ccc(-c3ccccc3)cc2C(C)(C)c2c[c-]c(-c3cc4c(cn3)C3CC(C4)C3(C)C)cc21.[Ir]. The summed E-state index contributed by atoms with van der Waals surface area (Å²) in [5.41, 5.74) is 13.6. The van der Waals surface area contributed by atoms with Crippen LogP contribution in [0, 0.1) is 17.4 Å². The largest absolute Gasteiger partial charge is 0.304 e. The second kappa shape index (κ2) is 8.48. The van der Waals surface area contributed by atoms with Gasteiger partial charge in [0.2, 0.25) is 0 Å². The average Bonchev–Trinajstić information content (AvgIpc) is 2.91. The maximum absolute atomic E-state index is 4.99. The molecule has 1 radical (unpaired) electrons. The fraction of sp³-hybridized carbons (Fsp3) is 0.361. The Hall–Kier alpha value is -2.54. The molecule has 4 aromatic rings. The van der Waals surface area contributed by atoms with Crippen molar-refractivity contribution in [1.82, 2.24) is 4.98 Å². The van der Waals surface area contributed by atoms with E-state index < -0.39 is 0 Å². The molecule has 0 aliphatic heterocycles. The average molecular weight is 675 g/mol. The van der Waals surface area contributed by atoms with Crippen molar-refractivity contribution in [3.05, 3.63) is 112 Å². The molecule has 0 N–H and O–H groups in total. The minimum Gasteiger partial charge on any atom is -0.304 e. The first kappa shape index (κ1) is 25.7. The fourth-order valence-electron chi connectivity index (χ4n) is 7.68. The maximum atomic E-state index is 4.99. The molecule has 4 aliphatic rings. The summed E-state index contributed by atoms with van der Waals surface area (Å²) in [5.74, 6) is 1.48. The molecule has 1 nitrogen and oxygen atoms in total. The molecule has 195 valence electrons. The molecular formula is C36H36IrN-. The van der Waals surface area contributed by atoms with Gasteiger partial charge in [0.05, 0.1) is 0 Å². The molecule has 0 saturated heterocycles. The van der Waals surface area contributed by atoms with Crippen LogP contribution in [-0.4, -0.2) is 4.98 Å². The zero-order valence-corrected chi connectivity index (χ0v) is 25.7. The molecule has 2 atom stereocenters. The monoisotopic (exact) mass is 675 g/mol. The second-order valence-electron chi connectivity index (χ2n) is 13.3. The summed E-state index contributed by atoms with van der Waals surface area (Å²) < 4.78 is 0. The minimum absolute atomic E-state index is 0. The molecule has 1 heterocycles. The van der Waals surface area contributed by atoms with Gasteiger partial charge < -0.3 is 4.98 Å². The van der Waals surface area contributed by atoms with Crippen molar-refractivity contribution in [2.75, 3.05) is 0 Å². The van der Waals surface area contributed by atoms with Gasteiger partial charge in [-0.25, -0.2) is 0 Å². The van der Waals surface area contributed by atoms with E-state index in [0.29, 0.717) is 11.3 Å². The third kappa shape index (κ3) is 3.49. The van der Waals surface area contributed by atoms with Crippen LogP contribution in [0.3, 0.4) is 0 Å². The van der Waals surface area contributed by atoms with Crippen LogP contribution in [0.1, 0.15) is 87.3 Å². The first-order chi connectivity index (χ1) is 17.6. The van der Waals surface area contributed by atoms with Crippen molar-refractivity contribution in [1.29, 1.82) is 0 Å². The predicted octanol–water partition coefficient (Wildman–Crippen LogP) is 8.86. The van der Waals surface area contributed by atoms with Gasteiger partial charge in [-0.15, -0.1) is 34.9 Å². The normalized spacial score (nSPS) is 22.7. The van der Waals surface area contributed by atoms with Crippen LogP contribution in [-0.2, 0) is 37.4 Å². The number of rotatable bonds is 2. The van der Waals surface area contributed by atoms with Crippen LogP contribution in [0.2, 0.25) is 0 Å². The van der Waals surface area contributed by atoms with Crippen LogP contribution in [0.4, 0.5) is 0 Å². The van der Waals surface area contributed by atoms with E-state index in [1.165, 1.54) is 57.3 Å². The third-order valence-electron chi connectivity index (χ3n) is 10.4. The number of nitrogens with zero attached hydrogens (tertiary/aromatic N) is 1. The van der Waals surface area contributed by atoms with E-state index in [4.69, 9.17) is 4.98 Å². The van der Waals surface area contributed by atoms with Gasteiger partial charge in [0.15, 0.2) is 0 Å². The molecule has 2 heteroatoms. The first-order valence-corrected chi connectivity index (χ1v) is 13.8. The molecule has 0 amide bonds. The van der Waals surface area contributed by atoms with Gasteiger partial charge in [0.1, 0.15) is 0 Å². The van der Waals surface area contributed by atoms with Crippen LogP contribution in [0.25, 0.3) is 22.4 Å². The Morgan fingerprint density at radius 3 is 2.21 bits per heavy atom. The number of hydrogen-bond acceptors (Lipinski definition) is 1. The van der Waals surface area contributed by atoms with E-state index in [1.54, 1.807) is 0 Å². The van der Waals surface area contributed by atoms with Crippen molar-refractivity contribution in [3.8, 4) is 22.4 Å². The van der Waals surface area contributed by atoms with Crippen LogP contribution in [0.5, 0.6) is 0 Å². The summed E-state index contributed by atoms with van der Waals surface area (Å²) in [5, 5.41) is 0. The third-order valence-corrected chi connectivity index (χ3v) is 10.4. The molecule has 4 aliphatic carbocycles. The van der Waals surface area contributed by atoms with Gasteiger partial charge >= 0.3 is 0 Å². The quantitative estimate of drug-likeness (QED) is 0.194. The molecule has 1 aromatic heterocycles. The molecular weight excluding hydrogens is 639 g/mol. The fourth-order valence-corrected chi connectivity index (χ4v) is 7.68. The Kier molecular flexibility index (Phi) is 5.74.